The van der Waals surface area contributed by atoms with Crippen LogP contribution >= 0.6 is 0 Å². The summed E-state index contributed by atoms with van der Waals surface area (Å²) in [6, 6.07) is 14.3. The average Bonchev–Trinajstić information content (AvgIpc) is 2.64. The summed E-state index contributed by atoms with van der Waals surface area (Å²) in [5.41, 5.74) is 2.25. The van der Waals surface area contributed by atoms with Crippen LogP contribution < -0.4 is 10.1 Å². The molecule has 0 saturated carbocycles. The molecule has 0 atom stereocenters. The van der Waals surface area contributed by atoms with Gasteiger partial charge in [-0.05, 0) is 41.5 Å². The highest BCUT2D eigenvalue weighted by Crippen LogP contribution is 2.12. The van der Waals surface area contributed by atoms with Crippen LogP contribution in [0.25, 0.3) is 6.08 Å². The molecule has 2 aromatic carbocycles. The van der Waals surface area contributed by atoms with Crippen LogP contribution in [0.2, 0.25) is 0 Å². The molecule has 0 aliphatic rings. The van der Waals surface area contributed by atoms with Crippen LogP contribution in [0, 0.1) is 0 Å². The molecule has 0 fully saturated rings. The lowest BCUT2D eigenvalue weighted by Crippen LogP contribution is -2.20. The highest BCUT2D eigenvalue weighted by atomic mass is 16.5. The van der Waals surface area contributed by atoms with Gasteiger partial charge in [0.2, 0.25) is 5.91 Å². The maximum atomic E-state index is 11.9. The number of methoxy groups -OCH3 is 2. The highest BCUT2D eigenvalue weighted by molar-refractivity contribution is 5.92. The van der Waals surface area contributed by atoms with Crippen molar-refractivity contribution in [1.29, 1.82) is 0 Å². The molecule has 24 heavy (non-hydrogen) atoms. The number of nitrogens with one attached hydrogen (secondary N) is 1. The monoisotopic (exact) mass is 325 g/mol. The van der Waals surface area contributed by atoms with Crippen molar-refractivity contribution >= 4 is 18.0 Å². The Labute approximate surface area is 140 Å². The molecule has 1 N–H and O–H groups in total. The maximum Gasteiger partial charge on any atom is 0.337 e. The minimum Gasteiger partial charge on any atom is -0.497 e. The zero-order chi connectivity index (χ0) is 17.4. The van der Waals surface area contributed by atoms with Gasteiger partial charge in [-0.1, -0.05) is 24.3 Å². The summed E-state index contributed by atoms with van der Waals surface area (Å²) in [5.74, 6) is 0.166. The summed E-state index contributed by atoms with van der Waals surface area (Å²) < 4.78 is 9.78. The van der Waals surface area contributed by atoms with E-state index in [0.717, 1.165) is 16.9 Å². The minimum atomic E-state index is -0.387. The molecular weight excluding hydrogens is 306 g/mol. The van der Waals surface area contributed by atoms with Crippen molar-refractivity contribution in [2.24, 2.45) is 0 Å². The fourth-order valence-corrected chi connectivity index (χ4v) is 2.05. The first-order chi connectivity index (χ1) is 11.6. The zero-order valence-electron chi connectivity index (χ0n) is 13.6. The van der Waals surface area contributed by atoms with Gasteiger partial charge in [0.15, 0.2) is 0 Å². The van der Waals surface area contributed by atoms with E-state index in [1.807, 2.05) is 24.3 Å². The topological polar surface area (TPSA) is 64.6 Å². The summed E-state index contributed by atoms with van der Waals surface area (Å²) in [6.45, 7) is 0.418. The number of carbonyl (C=O) groups excluding carboxylic acids is 2. The van der Waals surface area contributed by atoms with E-state index in [4.69, 9.17) is 4.74 Å². The quantitative estimate of drug-likeness (QED) is 0.655. The van der Waals surface area contributed by atoms with Gasteiger partial charge in [0.05, 0.1) is 19.8 Å². The molecule has 0 bridgehead atoms. The van der Waals surface area contributed by atoms with Crippen LogP contribution in [0.15, 0.2) is 54.6 Å². The van der Waals surface area contributed by atoms with Crippen LogP contribution in [0.1, 0.15) is 21.5 Å². The van der Waals surface area contributed by atoms with E-state index in [2.05, 4.69) is 10.1 Å². The fraction of sp³-hybridized carbons (Fsp3) is 0.158. The molecule has 0 radical (unpaired) electrons. The van der Waals surface area contributed by atoms with Crippen LogP contribution in [0.5, 0.6) is 5.75 Å². The predicted octanol–water partition coefficient (Wildman–Crippen LogP) is 2.81. The molecule has 0 saturated heterocycles. The molecule has 0 aliphatic carbocycles. The molecule has 5 nitrogen and oxygen atoms in total. The molecule has 0 spiro atoms. The number of amides is 1. The second kappa shape index (κ2) is 8.53. The SMILES string of the molecule is COC(=O)c1ccc(/C=C/C(=O)NCc2cccc(OC)c2)cc1. The summed E-state index contributed by atoms with van der Waals surface area (Å²) in [4.78, 5) is 23.2. The van der Waals surface area contributed by atoms with E-state index in [0.29, 0.717) is 12.1 Å². The first kappa shape index (κ1) is 17.3. The summed E-state index contributed by atoms with van der Waals surface area (Å²) in [5, 5.41) is 2.80. The van der Waals surface area contributed by atoms with Gasteiger partial charge >= 0.3 is 5.97 Å². The fourth-order valence-electron chi connectivity index (χ4n) is 2.05. The minimum absolute atomic E-state index is 0.199. The third kappa shape index (κ3) is 4.98. The molecule has 5 heteroatoms. The lowest BCUT2D eigenvalue weighted by atomic mass is 10.1. The van der Waals surface area contributed by atoms with Crippen LogP contribution in [-0.2, 0) is 16.1 Å². The van der Waals surface area contributed by atoms with Gasteiger partial charge in [-0.15, -0.1) is 0 Å². The van der Waals surface area contributed by atoms with Crippen molar-refractivity contribution in [2.75, 3.05) is 14.2 Å². The van der Waals surface area contributed by atoms with Crippen LogP contribution in [-0.4, -0.2) is 26.1 Å². The molecule has 0 aromatic heterocycles. The molecule has 2 aromatic rings. The normalized spacial score (nSPS) is 10.4. The predicted molar refractivity (Wildman–Crippen MR) is 91.7 cm³/mol. The third-order valence-electron chi connectivity index (χ3n) is 3.36. The Balaban J connectivity index is 1.89. The standard InChI is InChI=1S/C19H19NO4/c1-23-17-5-3-4-15(12-17)13-20-18(21)11-8-14-6-9-16(10-7-14)19(22)24-2/h3-12H,13H2,1-2H3,(H,20,21)/b11-8+. The van der Waals surface area contributed by atoms with Crippen molar-refractivity contribution in [1.82, 2.24) is 5.32 Å². The van der Waals surface area contributed by atoms with Gasteiger partial charge in [0.25, 0.3) is 0 Å². The van der Waals surface area contributed by atoms with E-state index in [9.17, 15) is 9.59 Å². The van der Waals surface area contributed by atoms with E-state index < -0.39 is 0 Å². The first-order valence-electron chi connectivity index (χ1n) is 7.39. The van der Waals surface area contributed by atoms with Crippen molar-refractivity contribution in [3.05, 3.63) is 71.3 Å². The largest absolute Gasteiger partial charge is 0.497 e. The maximum absolute atomic E-state index is 11.9. The number of hydrogen-bond acceptors (Lipinski definition) is 4. The van der Waals surface area contributed by atoms with Gasteiger partial charge in [0, 0.05) is 12.6 Å². The van der Waals surface area contributed by atoms with Crippen molar-refractivity contribution < 1.29 is 19.1 Å². The summed E-state index contributed by atoms with van der Waals surface area (Å²) in [7, 11) is 2.94. The van der Waals surface area contributed by atoms with Gasteiger partial charge in [-0.2, -0.15) is 0 Å². The second-order valence-electron chi connectivity index (χ2n) is 5.02. The zero-order valence-corrected chi connectivity index (χ0v) is 13.6. The van der Waals surface area contributed by atoms with Gasteiger partial charge in [-0.3, -0.25) is 4.79 Å². The molecule has 124 valence electrons. The lowest BCUT2D eigenvalue weighted by molar-refractivity contribution is -0.116. The average molecular weight is 325 g/mol. The number of ether oxygens (including phenoxy) is 2. The Morgan fingerprint density at radius 2 is 1.83 bits per heavy atom. The number of rotatable bonds is 6. The summed E-state index contributed by atoms with van der Waals surface area (Å²) in [6.07, 6.45) is 3.13. The van der Waals surface area contributed by atoms with E-state index in [1.54, 1.807) is 37.5 Å². The van der Waals surface area contributed by atoms with E-state index in [1.165, 1.54) is 13.2 Å². The third-order valence-corrected chi connectivity index (χ3v) is 3.36. The highest BCUT2D eigenvalue weighted by Gasteiger charge is 2.03. The van der Waals surface area contributed by atoms with Crippen molar-refractivity contribution in [3.63, 3.8) is 0 Å². The van der Waals surface area contributed by atoms with E-state index in [-0.39, 0.29) is 11.9 Å². The summed E-state index contributed by atoms with van der Waals surface area (Å²) >= 11 is 0. The molecule has 0 aliphatic heterocycles. The molecule has 1 amide bonds. The Morgan fingerprint density at radius 1 is 1.08 bits per heavy atom. The van der Waals surface area contributed by atoms with Crippen LogP contribution in [0.4, 0.5) is 0 Å². The number of benzene rings is 2. The van der Waals surface area contributed by atoms with Crippen molar-refractivity contribution in [3.8, 4) is 5.75 Å². The van der Waals surface area contributed by atoms with Crippen molar-refractivity contribution in [2.45, 2.75) is 6.54 Å². The number of carbonyl (C=O) groups is 2. The van der Waals surface area contributed by atoms with Gasteiger partial charge in [0.1, 0.15) is 5.75 Å². The van der Waals surface area contributed by atoms with Gasteiger partial charge in [-0.25, -0.2) is 4.79 Å². The van der Waals surface area contributed by atoms with Crippen LogP contribution in [0.3, 0.4) is 0 Å². The smallest absolute Gasteiger partial charge is 0.337 e. The molecule has 2 rings (SSSR count). The molecular formula is C19H19NO4. The Morgan fingerprint density at radius 3 is 2.50 bits per heavy atom. The van der Waals surface area contributed by atoms with Gasteiger partial charge < -0.3 is 14.8 Å². The Kier molecular flexibility index (Phi) is 6.14. The molecule has 0 unspecified atom stereocenters. The van der Waals surface area contributed by atoms with E-state index >= 15 is 0 Å². The Bertz CT molecular complexity index is 735. The lowest BCUT2D eigenvalue weighted by Gasteiger charge is -2.05. The number of hydrogen-bond donors (Lipinski definition) is 1. The Hall–Kier alpha value is -3.08. The number of esters is 1. The molecule has 0 heterocycles. The first-order valence-corrected chi connectivity index (χ1v) is 7.39. The second-order valence-corrected chi connectivity index (χ2v) is 5.02.